The zero-order chi connectivity index (χ0) is 18.8. The van der Waals surface area contributed by atoms with Gasteiger partial charge in [-0.2, -0.15) is 0 Å². The van der Waals surface area contributed by atoms with Crippen molar-refractivity contribution in [3.8, 4) is 0 Å². The van der Waals surface area contributed by atoms with E-state index in [4.69, 9.17) is 16.7 Å². The molecule has 7 heteroatoms. The number of hydrogen-bond donors (Lipinski definition) is 3. The third kappa shape index (κ3) is 4.89. The number of aliphatic carboxylic acids is 1. The Morgan fingerprint density at radius 1 is 1.23 bits per heavy atom. The largest absolute Gasteiger partial charge is 0.480 e. The summed E-state index contributed by atoms with van der Waals surface area (Å²) in [5.41, 5.74) is 2.75. The van der Waals surface area contributed by atoms with Gasteiger partial charge in [-0.05, 0) is 68.7 Å². The van der Waals surface area contributed by atoms with Crippen LogP contribution < -0.4 is 10.6 Å². The van der Waals surface area contributed by atoms with Crippen molar-refractivity contribution in [2.24, 2.45) is 5.92 Å². The lowest BCUT2D eigenvalue weighted by atomic mass is 9.85. The highest BCUT2D eigenvalue weighted by atomic mass is 35.5. The lowest BCUT2D eigenvalue weighted by Gasteiger charge is -2.42. The summed E-state index contributed by atoms with van der Waals surface area (Å²) < 4.78 is 0. The molecule has 0 bridgehead atoms. The minimum Gasteiger partial charge on any atom is -0.480 e. The summed E-state index contributed by atoms with van der Waals surface area (Å²) in [7, 11) is 0. The molecular formula is C19H26ClN3O3. The van der Waals surface area contributed by atoms with Crippen molar-refractivity contribution in [1.82, 2.24) is 10.2 Å². The van der Waals surface area contributed by atoms with Crippen LogP contribution >= 0.6 is 11.6 Å². The van der Waals surface area contributed by atoms with Crippen LogP contribution in [0.3, 0.4) is 0 Å². The molecule has 2 fully saturated rings. The topological polar surface area (TPSA) is 81.7 Å². The zero-order valence-corrected chi connectivity index (χ0v) is 16.0. The average Bonchev–Trinajstić information content (AvgIpc) is 3.31. The van der Waals surface area contributed by atoms with Crippen molar-refractivity contribution in [3.05, 3.63) is 28.3 Å². The third-order valence-corrected chi connectivity index (χ3v) is 5.64. The molecule has 0 unspecified atom stereocenters. The Kier molecular flexibility index (Phi) is 5.73. The molecule has 6 nitrogen and oxygen atoms in total. The van der Waals surface area contributed by atoms with Gasteiger partial charge in [0.25, 0.3) is 0 Å². The minimum atomic E-state index is -0.788. The third-order valence-electron chi connectivity index (χ3n) is 5.32. The van der Waals surface area contributed by atoms with E-state index in [-0.39, 0.29) is 24.7 Å². The number of rotatable bonds is 7. The van der Waals surface area contributed by atoms with Gasteiger partial charge in [0, 0.05) is 18.6 Å². The second-order valence-electron chi connectivity index (χ2n) is 7.60. The van der Waals surface area contributed by atoms with Gasteiger partial charge in [-0.15, -0.1) is 0 Å². The molecule has 1 aromatic rings. The van der Waals surface area contributed by atoms with Gasteiger partial charge in [0.05, 0.1) is 17.3 Å². The van der Waals surface area contributed by atoms with Crippen LogP contribution in [0, 0.1) is 19.8 Å². The van der Waals surface area contributed by atoms with Crippen LogP contribution in [0.2, 0.25) is 5.02 Å². The van der Waals surface area contributed by atoms with Gasteiger partial charge in [-0.1, -0.05) is 11.6 Å². The lowest BCUT2D eigenvalue weighted by molar-refractivity contribution is -0.139. The summed E-state index contributed by atoms with van der Waals surface area (Å²) in [4.78, 5) is 25.3. The van der Waals surface area contributed by atoms with Crippen LogP contribution in [0.5, 0.6) is 0 Å². The summed E-state index contributed by atoms with van der Waals surface area (Å²) in [5.74, 6) is -0.138. The molecule has 0 heterocycles. The van der Waals surface area contributed by atoms with Gasteiger partial charge < -0.3 is 15.7 Å². The first-order valence-electron chi connectivity index (χ1n) is 9.12. The molecule has 26 heavy (non-hydrogen) atoms. The molecule has 0 atom stereocenters. The SMILES string of the molecule is Cc1cc(Cl)c(NC(=O)NC2CC(N(CC(=O)O)CC3CC3)C2)cc1C. The number of nitrogens with zero attached hydrogens (tertiary/aromatic N) is 1. The van der Waals surface area contributed by atoms with Crippen molar-refractivity contribution < 1.29 is 14.7 Å². The monoisotopic (exact) mass is 379 g/mol. The number of carbonyl (C=O) groups excluding carboxylic acids is 1. The van der Waals surface area contributed by atoms with Crippen molar-refractivity contribution in [2.45, 2.75) is 51.6 Å². The van der Waals surface area contributed by atoms with E-state index >= 15 is 0 Å². The first kappa shape index (κ1) is 19.0. The first-order chi connectivity index (χ1) is 12.3. The van der Waals surface area contributed by atoms with E-state index in [0.29, 0.717) is 16.6 Å². The molecular weight excluding hydrogens is 354 g/mol. The van der Waals surface area contributed by atoms with E-state index in [1.165, 1.54) is 12.8 Å². The molecule has 142 valence electrons. The number of carboxylic acids is 1. The molecule has 0 radical (unpaired) electrons. The maximum atomic E-state index is 12.2. The Balaban J connectivity index is 1.47. The summed E-state index contributed by atoms with van der Waals surface area (Å²) in [6.07, 6.45) is 3.97. The van der Waals surface area contributed by atoms with Gasteiger partial charge in [0.15, 0.2) is 0 Å². The lowest BCUT2D eigenvalue weighted by Crippen LogP contribution is -2.55. The van der Waals surface area contributed by atoms with Crippen molar-refractivity contribution >= 4 is 29.3 Å². The van der Waals surface area contributed by atoms with Gasteiger partial charge in [-0.3, -0.25) is 9.69 Å². The highest BCUT2D eigenvalue weighted by molar-refractivity contribution is 6.33. The van der Waals surface area contributed by atoms with E-state index < -0.39 is 5.97 Å². The standard InChI is InChI=1S/C19H26ClN3O3/c1-11-5-16(20)17(6-12(11)2)22-19(26)21-14-7-15(8-14)23(10-18(24)25)9-13-3-4-13/h5-6,13-15H,3-4,7-10H2,1-2H3,(H,24,25)(H2,21,22,26). The molecule has 0 spiro atoms. The van der Waals surface area contributed by atoms with Crippen LogP contribution in [0.15, 0.2) is 12.1 Å². The molecule has 3 N–H and O–H groups in total. The van der Waals surface area contributed by atoms with E-state index in [9.17, 15) is 9.59 Å². The number of carbonyl (C=O) groups is 2. The van der Waals surface area contributed by atoms with Gasteiger partial charge in [-0.25, -0.2) is 4.79 Å². The number of halogens is 1. The van der Waals surface area contributed by atoms with Crippen molar-refractivity contribution in [1.29, 1.82) is 0 Å². The molecule has 0 saturated heterocycles. The number of hydrogen-bond acceptors (Lipinski definition) is 3. The molecule has 2 aliphatic carbocycles. The maximum absolute atomic E-state index is 12.2. The number of aryl methyl sites for hydroxylation is 2. The summed E-state index contributed by atoms with van der Waals surface area (Å²) >= 11 is 6.19. The van der Waals surface area contributed by atoms with Crippen LogP contribution in [-0.4, -0.2) is 47.2 Å². The van der Waals surface area contributed by atoms with Gasteiger partial charge in [0.1, 0.15) is 0 Å². The number of nitrogens with one attached hydrogen (secondary N) is 2. The van der Waals surface area contributed by atoms with Crippen LogP contribution in [0.25, 0.3) is 0 Å². The van der Waals surface area contributed by atoms with Crippen LogP contribution in [-0.2, 0) is 4.79 Å². The fourth-order valence-corrected chi connectivity index (χ4v) is 3.64. The summed E-state index contributed by atoms with van der Waals surface area (Å²) in [6.45, 7) is 4.89. The Bertz CT molecular complexity index is 700. The second kappa shape index (κ2) is 7.84. The van der Waals surface area contributed by atoms with E-state index in [2.05, 4.69) is 15.5 Å². The normalized spacial score (nSPS) is 22.0. The Morgan fingerprint density at radius 3 is 2.50 bits per heavy atom. The molecule has 1 aromatic carbocycles. The van der Waals surface area contributed by atoms with Crippen molar-refractivity contribution in [3.63, 3.8) is 0 Å². The molecule has 0 aromatic heterocycles. The number of urea groups is 1. The van der Waals surface area contributed by atoms with E-state index in [1.807, 2.05) is 26.0 Å². The Morgan fingerprint density at radius 2 is 1.88 bits per heavy atom. The minimum absolute atomic E-state index is 0.0702. The summed E-state index contributed by atoms with van der Waals surface area (Å²) in [6, 6.07) is 3.74. The van der Waals surface area contributed by atoms with Gasteiger partial charge in [0.2, 0.25) is 0 Å². The van der Waals surface area contributed by atoms with Gasteiger partial charge >= 0.3 is 12.0 Å². The number of anilines is 1. The molecule has 2 aliphatic rings. The molecule has 3 rings (SSSR count). The Hall–Kier alpha value is -1.79. The van der Waals surface area contributed by atoms with E-state index in [1.54, 1.807) is 0 Å². The zero-order valence-electron chi connectivity index (χ0n) is 15.2. The van der Waals surface area contributed by atoms with Crippen LogP contribution in [0.1, 0.15) is 36.8 Å². The van der Waals surface area contributed by atoms with Crippen molar-refractivity contribution in [2.75, 3.05) is 18.4 Å². The fourth-order valence-electron chi connectivity index (χ4n) is 3.37. The number of benzene rings is 1. The maximum Gasteiger partial charge on any atom is 0.319 e. The molecule has 0 aliphatic heterocycles. The van der Waals surface area contributed by atoms with E-state index in [0.717, 1.165) is 30.5 Å². The molecule has 2 saturated carbocycles. The average molecular weight is 380 g/mol. The highest BCUT2D eigenvalue weighted by Crippen LogP contribution is 2.34. The predicted molar refractivity (Wildman–Crippen MR) is 102 cm³/mol. The molecule has 2 amide bonds. The van der Waals surface area contributed by atoms with Crippen LogP contribution in [0.4, 0.5) is 10.5 Å². The fraction of sp³-hybridized carbons (Fsp3) is 0.579. The highest BCUT2D eigenvalue weighted by Gasteiger charge is 2.37. The Labute approximate surface area is 158 Å². The predicted octanol–water partition coefficient (Wildman–Crippen LogP) is 3.41. The second-order valence-corrected chi connectivity index (χ2v) is 8.01. The number of carboxylic acid groups (broad SMARTS) is 1. The summed E-state index contributed by atoms with van der Waals surface area (Å²) in [5, 5.41) is 15.4. The number of amides is 2. The first-order valence-corrected chi connectivity index (χ1v) is 9.49. The smallest absolute Gasteiger partial charge is 0.319 e. The quantitative estimate of drug-likeness (QED) is 0.678.